The molecule has 2 unspecified atom stereocenters. The molecular weight excluding hydrogens is 360 g/mol. The lowest BCUT2D eigenvalue weighted by Gasteiger charge is -2.39. The number of imidazole rings is 1. The summed E-state index contributed by atoms with van der Waals surface area (Å²) in [4.78, 5) is 7.58. The summed E-state index contributed by atoms with van der Waals surface area (Å²) >= 11 is 0. The average molecular weight is 393 g/mol. The zero-order valence-corrected chi connectivity index (χ0v) is 17.9. The van der Waals surface area contributed by atoms with Gasteiger partial charge >= 0.3 is 0 Å². The molecule has 0 bridgehead atoms. The molecule has 3 heterocycles. The number of nitrogen functional groups attached to an aromatic ring is 1. The van der Waals surface area contributed by atoms with Crippen LogP contribution in [0.5, 0.6) is 5.75 Å². The number of aromatic nitrogens is 2. The van der Waals surface area contributed by atoms with Crippen LogP contribution in [0.4, 0.5) is 5.69 Å². The number of nitrogens with two attached hydrogens (primary N) is 1. The molecule has 2 aromatic heterocycles. The number of hydrogen-bond donors (Lipinski definition) is 1. The Labute approximate surface area is 173 Å². The number of hydrogen-bond acceptors (Lipinski definition) is 4. The van der Waals surface area contributed by atoms with Gasteiger partial charge in [0, 0.05) is 36.1 Å². The molecule has 29 heavy (non-hydrogen) atoms. The van der Waals surface area contributed by atoms with E-state index in [2.05, 4.69) is 35.3 Å². The molecule has 2 atom stereocenters. The van der Waals surface area contributed by atoms with Gasteiger partial charge < -0.3 is 14.9 Å². The van der Waals surface area contributed by atoms with E-state index in [1.54, 1.807) is 0 Å². The second kappa shape index (κ2) is 8.07. The van der Waals surface area contributed by atoms with E-state index in [9.17, 15) is 0 Å². The van der Waals surface area contributed by atoms with Crippen LogP contribution >= 0.6 is 0 Å². The van der Waals surface area contributed by atoms with Gasteiger partial charge in [0.1, 0.15) is 11.4 Å². The molecule has 1 saturated heterocycles. The van der Waals surface area contributed by atoms with Gasteiger partial charge in [0.15, 0.2) is 0 Å². The van der Waals surface area contributed by atoms with Gasteiger partial charge in [-0.3, -0.25) is 4.90 Å². The Balaban J connectivity index is 1.76. The third kappa shape index (κ3) is 4.10. The molecule has 1 aromatic carbocycles. The minimum Gasteiger partial charge on any atom is -0.491 e. The summed E-state index contributed by atoms with van der Waals surface area (Å²) in [5.74, 6) is 0.886. The molecule has 1 fully saturated rings. The number of ether oxygens (including phenoxy) is 1. The van der Waals surface area contributed by atoms with Gasteiger partial charge in [-0.1, -0.05) is 6.42 Å². The maximum Gasteiger partial charge on any atom is 0.137 e. The van der Waals surface area contributed by atoms with Crippen molar-refractivity contribution in [2.45, 2.75) is 71.7 Å². The molecular formula is C24H32N4O. The predicted molar refractivity (Wildman–Crippen MR) is 119 cm³/mol. The lowest BCUT2D eigenvalue weighted by molar-refractivity contribution is 0.0937. The first-order valence-electron chi connectivity index (χ1n) is 10.7. The number of fused-ring (bicyclic) bond motifs is 1. The van der Waals surface area contributed by atoms with E-state index >= 15 is 0 Å². The second-order valence-electron chi connectivity index (χ2n) is 8.59. The quantitative estimate of drug-likeness (QED) is 0.654. The van der Waals surface area contributed by atoms with Crippen molar-refractivity contribution in [2.75, 3.05) is 5.73 Å². The normalized spacial score (nSPS) is 20.4. The van der Waals surface area contributed by atoms with Crippen molar-refractivity contribution >= 4 is 11.3 Å². The minimum absolute atomic E-state index is 0.164. The molecule has 154 valence electrons. The first-order valence-corrected chi connectivity index (χ1v) is 10.7. The Morgan fingerprint density at radius 3 is 2.41 bits per heavy atom. The van der Waals surface area contributed by atoms with Crippen LogP contribution in [0.3, 0.4) is 0 Å². The minimum atomic E-state index is 0.164. The van der Waals surface area contributed by atoms with Crippen molar-refractivity contribution in [3.8, 4) is 17.0 Å². The maximum atomic E-state index is 6.12. The van der Waals surface area contributed by atoms with Crippen molar-refractivity contribution in [2.24, 2.45) is 0 Å². The fourth-order valence-electron chi connectivity index (χ4n) is 4.41. The fourth-order valence-corrected chi connectivity index (χ4v) is 4.41. The molecule has 3 aromatic rings. The number of pyridine rings is 1. The monoisotopic (exact) mass is 392 g/mol. The number of anilines is 1. The van der Waals surface area contributed by atoms with Gasteiger partial charge in [0.2, 0.25) is 0 Å². The van der Waals surface area contributed by atoms with Gasteiger partial charge in [0.25, 0.3) is 0 Å². The van der Waals surface area contributed by atoms with E-state index in [4.69, 9.17) is 15.5 Å². The molecule has 0 spiro atoms. The molecule has 4 rings (SSSR count). The van der Waals surface area contributed by atoms with Crippen LogP contribution in [-0.4, -0.2) is 32.5 Å². The van der Waals surface area contributed by atoms with E-state index in [-0.39, 0.29) is 6.10 Å². The summed E-state index contributed by atoms with van der Waals surface area (Å²) in [6.07, 6.45) is 5.97. The maximum absolute atomic E-state index is 6.12. The molecule has 1 aliphatic rings. The van der Waals surface area contributed by atoms with Gasteiger partial charge in [-0.2, -0.15) is 0 Å². The Morgan fingerprint density at radius 2 is 1.76 bits per heavy atom. The lowest BCUT2D eigenvalue weighted by Crippen LogP contribution is -2.43. The zero-order valence-electron chi connectivity index (χ0n) is 17.9. The summed E-state index contributed by atoms with van der Waals surface area (Å²) in [6.45, 7) is 9.63. The smallest absolute Gasteiger partial charge is 0.137 e. The molecule has 0 amide bonds. The van der Waals surface area contributed by atoms with Crippen LogP contribution in [0.2, 0.25) is 0 Å². The average Bonchev–Trinajstić information content (AvgIpc) is 3.02. The highest BCUT2D eigenvalue weighted by molar-refractivity contribution is 5.68. The summed E-state index contributed by atoms with van der Waals surface area (Å²) in [7, 11) is 0. The lowest BCUT2D eigenvalue weighted by atomic mass is 9.97. The van der Waals surface area contributed by atoms with Crippen LogP contribution < -0.4 is 10.5 Å². The molecule has 0 saturated carbocycles. The standard InChI is InChI=1S/C24H32N4O/c1-16(2)29-21-11-8-19(9-12-21)24-22(15-27-17(3)6-5-7-18(27)4)28-14-20(25)10-13-23(28)26-24/h8-14,16-18H,5-7,15,25H2,1-4H3. The highest BCUT2D eigenvalue weighted by atomic mass is 16.5. The van der Waals surface area contributed by atoms with E-state index in [1.165, 1.54) is 25.0 Å². The van der Waals surface area contributed by atoms with Crippen LogP contribution in [0.1, 0.15) is 52.7 Å². The van der Waals surface area contributed by atoms with Crippen LogP contribution in [0.15, 0.2) is 42.6 Å². The van der Waals surface area contributed by atoms with Gasteiger partial charge in [-0.05, 0) is 76.9 Å². The summed E-state index contributed by atoms with van der Waals surface area (Å²) in [6, 6.07) is 13.3. The summed E-state index contributed by atoms with van der Waals surface area (Å²) in [5, 5.41) is 0. The molecule has 0 radical (unpaired) electrons. The third-order valence-corrected chi connectivity index (χ3v) is 5.95. The largest absolute Gasteiger partial charge is 0.491 e. The van der Waals surface area contributed by atoms with Crippen molar-refractivity contribution in [1.82, 2.24) is 14.3 Å². The molecule has 5 nitrogen and oxygen atoms in total. The van der Waals surface area contributed by atoms with Crippen molar-refractivity contribution in [1.29, 1.82) is 0 Å². The van der Waals surface area contributed by atoms with Crippen molar-refractivity contribution in [3.05, 3.63) is 48.3 Å². The zero-order chi connectivity index (χ0) is 20.5. The molecule has 1 aliphatic heterocycles. The number of rotatable bonds is 5. The Kier molecular flexibility index (Phi) is 5.50. The fraction of sp³-hybridized carbons (Fsp3) is 0.458. The number of benzene rings is 1. The first kappa shape index (κ1) is 19.8. The molecule has 2 N–H and O–H groups in total. The Bertz CT molecular complexity index is 966. The van der Waals surface area contributed by atoms with Crippen LogP contribution in [0, 0.1) is 0 Å². The SMILES string of the molecule is CC(C)Oc1ccc(-c2nc3ccc(N)cn3c2CN2C(C)CCCC2C)cc1. The summed E-state index contributed by atoms with van der Waals surface area (Å²) in [5.41, 5.74) is 11.1. The van der Waals surface area contributed by atoms with Gasteiger partial charge in [-0.15, -0.1) is 0 Å². The van der Waals surface area contributed by atoms with Gasteiger partial charge in [-0.25, -0.2) is 4.98 Å². The number of piperidine rings is 1. The van der Waals surface area contributed by atoms with E-state index in [1.807, 2.05) is 44.3 Å². The van der Waals surface area contributed by atoms with E-state index < -0.39 is 0 Å². The van der Waals surface area contributed by atoms with E-state index in [0.29, 0.717) is 12.1 Å². The van der Waals surface area contributed by atoms with Gasteiger partial charge in [0.05, 0.1) is 17.5 Å². The third-order valence-electron chi connectivity index (χ3n) is 5.95. The predicted octanol–water partition coefficient (Wildman–Crippen LogP) is 5.13. The topological polar surface area (TPSA) is 55.8 Å². The summed E-state index contributed by atoms with van der Waals surface area (Å²) < 4.78 is 7.97. The van der Waals surface area contributed by atoms with E-state index in [0.717, 1.165) is 34.9 Å². The molecule has 0 aliphatic carbocycles. The van der Waals surface area contributed by atoms with Crippen molar-refractivity contribution in [3.63, 3.8) is 0 Å². The molecule has 5 heteroatoms. The highest BCUT2D eigenvalue weighted by Crippen LogP contribution is 2.31. The number of nitrogens with zero attached hydrogens (tertiary/aromatic N) is 3. The second-order valence-corrected chi connectivity index (χ2v) is 8.59. The number of likely N-dealkylation sites (tertiary alicyclic amines) is 1. The highest BCUT2D eigenvalue weighted by Gasteiger charge is 2.27. The first-order chi connectivity index (χ1) is 13.9. The Morgan fingerprint density at radius 1 is 1.07 bits per heavy atom. The van der Waals surface area contributed by atoms with Crippen LogP contribution in [0.25, 0.3) is 16.9 Å². The van der Waals surface area contributed by atoms with Crippen molar-refractivity contribution < 1.29 is 4.74 Å². The van der Waals surface area contributed by atoms with Crippen LogP contribution in [-0.2, 0) is 6.54 Å². The Hall–Kier alpha value is -2.53.